The van der Waals surface area contributed by atoms with E-state index in [1.165, 1.54) is 6.08 Å². The predicted octanol–water partition coefficient (Wildman–Crippen LogP) is 4.85. The molecular formula is C17H15BrN2O2S. The molecule has 6 heteroatoms. The Bertz CT molecular complexity index is 734. The molecule has 2 aromatic rings. The number of unbranched alkanes of at least 4 members (excludes halogenated alkanes) is 1. The number of rotatable bonds is 7. The molecule has 1 amide bonds. The van der Waals surface area contributed by atoms with Crippen molar-refractivity contribution in [2.24, 2.45) is 0 Å². The maximum Gasteiger partial charge on any atom is 0.248 e. The van der Waals surface area contributed by atoms with Gasteiger partial charge in [-0.25, -0.2) is 0 Å². The summed E-state index contributed by atoms with van der Waals surface area (Å²) in [6, 6.07) is 13.2. The van der Waals surface area contributed by atoms with Gasteiger partial charge in [0.05, 0.1) is 16.5 Å². The van der Waals surface area contributed by atoms with Crippen LogP contribution >= 0.6 is 27.3 Å². The van der Waals surface area contributed by atoms with Crippen molar-refractivity contribution in [1.82, 2.24) is 0 Å². The average molecular weight is 391 g/mol. The number of carbonyl (C=O) groups excluding carboxylic acids is 1. The molecule has 0 saturated carbocycles. The van der Waals surface area contributed by atoms with E-state index >= 15 is 0 Å². The number of ether oxygens (including phenoxy) is 1. The first-order valence-electron chi connectivity index (χ1n) is 7.01. The van der Waals surface area contributed by atoms with Crippen molar-refractivity contribution in [2.75, 3.05) is 11.9 Å². The van der Waals surface area contributed by atoms with Crippen molar-refractivity contribution in [1.29, 1.82) is 5.26 Å². The third-order valence-electron chi connectivity index (χ3n) is 2.80. The Morgan fingerprint density at radius 1 is 1.39 bits per heavy atom. The van der Waals surface area contributed by atoms with Crippen molar-refractivity contribution in [2.45, 2.75) is 12.8 Å². The van der Waals surface area contributed by atoms with Gasteiger partial charge in [-0.2, -0.15) is 5.26 Å². The summed E-state index contributed by atoms with van der Waals surface area (Å²) in [5.74, 6) is 0.475. The van der Waals surface area contributed by atoms with Crippen LogP contribution in [0.4, 0.5) is 5.69 Å². The zero-order valence-electron chi connectivity index (χ0n) is 12.3. The van der Waals surface area contributed by atoms with Gasteiger partial charge in [-0.3, -0.25) is 4.79 Å². The molecule has 23 heavy (non-hydrogen) atoms. The summed E-state index contributed by atoms with van der Waals surface area (Å²) < 4.78 is 6.57. The number of nitriles is 1. The molecule has 1 aromatic heterocycles. The molecule has 0 aliphatic carbocycles. The van der Waals surface area contributed by atoms with Crippen molar-refractivity contribution >= 4 is 44.9 Å². The maximum atomic E-state index is 11.9. The largest absolute Gasteiger partial charge is 0.493 e. The summed E-state index contributed by atoms with van der Waals surface area (Å²) in [4.78, 5) is 12.9. The lowest BCUT2D eigenvalue weighted by atomic mass is 10.3. The first-order chi connectivity index (χ1) is 11.2. The van der Waals surface area contributed by atoms with E-state index in [2.05, 4.69) is 27.3 Å². The smallest absolute Gasteiger partial charge is 0.248 e. The minimum atomic E-state index is -0.198. The normalized spacial score (nSPS) is 10.4. The zero-order valence-corrected chi connectivity index (χ0v) is 14.7. The molecular weight excluding hydrogens is 376 g/mol. The first-order valence-corrected chi connectivity index (χ1v) is 8.62. The molecule has 0 fully saturated rings. The number of nitrogens with one attached hydrogen (secondary N) is 1. The van der Waals surface area contributed by atoms with Crippen molar-refractivity contribution in [3.05, 3.63) is 51.1 Å². The number of halogens is 1. The van der Waals surface area contributed by atoms with Crippen molar-refractivity contribution in [3.8, 4) is 11.8 Å². The SMILES string of the molecule is N#CCCCOc1cccc(NC(=O)/C=C/c2ccc(Br)s2)c1. The van der Waals surface area contributed by atoms with Crippen molar-refractivity contribution in [3.63, 3.8) is 0 Å². The molecule has 1 heterocycles. The number of carbonyl (C=O) groups is 1. The van der Waals surface area contributed by atoms with Gasteiger partial charge in [-0.05, 0) is 52.7 Å². The number of benzene rings is 1. The molecule has 0 aliphatic rings. The Labute approximate surface area is 147 Å². The minimum Gasteiger partial charge on any atom is -0.493 e. The molecule has 0 saturated heterocycles. The summed E-state index contributed by atoms with van der Waals surface area (Å²) in [7, 11) is 0. The van der Waals surface area contributed by atoms with Crippen LogP contribution in [0, 0.1) is 11.3 Å². The van der Waals surface area contributed by atoms with Gasteiger partial charge in [0.25, 0.3) is 0 Å². The van der Waals surface area contributed by atoms with Gasteiger partial charge in [-0.15, -0.1) is 11.3 Å². The quantitative estimate of drug-likeness (QED) is 0.542. The van der Waals surface area contributed by atoms with Crippen LogP contribution in [0.1, 0.15) is 17.7 Å². The highest BCUT2D eigenvalue weighted by Crippen LogP contribution is 2.23. The van der Waals surface area contributed by atoms with E-state index < -0.39 is 0 Å². The second-order valence-electron chi connectivity index (χ2n) is 4.60. The minimum absolute atomic E-state index is 0.198. The summed E-state index contributed by atoms with van der Waals surface area (Å²) in [5, 5.41) is 11.3. The van der Waals surface area contributed by atoms with Gasteiger partial charge in [0.1, 0.15) is 5.75 Å². The number of amides is 1. The van der Waals surface area contributed by atoms with Crippen LogP contribution in [0.2, 0.25) is 0 Å². The highest BCUT2D eigenvalue weighted by atomic mass is 79.9. The fraction of sp³-hybridized carbons (Fsp3) is 0.176. The summed E-state index contributed by atoms with van der Waals surface area (Å²) in [5.41, 5.74) is 0.671. The first kappa shape index (κ1) is 17.3. The molecule has 1 aromatic carbocycles. The highest BCUT2D eigenvalue weighted by molar-refractivity contribution is 9.11. The standard InChI is InChI=1S/C17H15BrN2O2S/c18-16-8-6-15(23-16)7-9-17(21)20-13-4-3-5-14(12-13)22-11-2-1-10-19/h3-9,12H,1-2,11H2,(H,20,21)/b9-7+. The van der Waals surface area contributed by atoms with Crippen LogP contribution in [0.3, 0.4) is 0 Å². The molecule has 0 atom stereocenters. The second kappa shape index (κ2) is 9.13. The lowest BCUT2D eigenvalue weighted by Gasteiger charge is -2.07. The Morgan fingerprint density at radius 2 is 2.26 bits per heavy atom. The lowest BCUT2D eigenvalue weighted by Crippen LogP contribution is -2.07. The summed E-state index contributed by atoms with van der Waals surface area (Å²) in [6.45, 7) is 0.484. The number of hydrogen-bond acceptors (Lipinski definition) is 4. The van der Waals surface area contributed by atoms with E-state index in [1.807, 2.05) is 24.3 Å². The molecule has 0 spiro atoms. The maximum absolute atomic E-state index is 11.9. The Kier molecular flexibility index (Phi) is 6.85. The van der Waals surface area contributed by atoms with Gasteiger partial charge in [-0.1, -0.05) is 6.07 Å². The molecule has 2 rings (SSSR count). The molecule has 1 N–H and O–H groups in total. The monoisotopic (exact) mass is 390 g/mol. The van der Waals surface area contributed by atoms with E-state index in [-0.39, 0.29) is 5.91 Å². The van der Waals surface area contributed by atoms with Gasteiger partial charge in [0, 0.05) is 29.1 Å². The molecule has 4 nitrogen and oxygen atoms in total. The number of anilines is 1. The highest BCUT2D eigenvalue weighted by Gasteiger charge is 2.01. The Morgan fingerprint density at radius 3 is 3.00 bits per heavy atom. The molecule has 0 bridgehead atoms. The third-order valence-corrected chi connectivity index (χ3v) is 4.39. The van der Waals surface area contributed by atoms with E-state index in [0.717, 1.165) is 8.66 Å². The van der Waals surface area contributed by atoms with Crippen LogP contribution in [0.15, 0.2) is 46.3 Å². The topological polar surface area (TPSA) is 62.1 Å². The third kappa shape index (κ3) is 6.27. The van der Waals surface area contributed by atoms with Crippen LogP contribution < -0.4 is 10.1 Å². The summed E-state index contributed by atoms with van der Waals surface area (Å²) >= 11 is 4.94. The van der Waals surface area contributed by atoms with Gasteiger partial charge >= 0.3 is 0 Å². The molecule has 0 aliphatic heterocycles. The lowest BCUT2D eigenvalue weighted by molar-refractivity contribution is -0.111. The summed E-state index contributed by atoms with van der Waals surface area (Å²) in [6.07, 6.45) is 4.43. The van der Waals surface area contributed by atoms with Gasteiger partial charge in [0.2, 0.25) is 5.91 Å². The molecule has 118 valence electrons. The Hall–Kier alpha value is -2.10. The van der Waals surface area contributed by atoms with E-state index in [1.54, 1.807) is 29.5 Å². The second-order valence-corrected chi connectivity index (χ2v) is 7.10. The number of nitrogens with zero attached hydrogens (tertiary/aromatic N) is 1. The fourth-order valence-corrected chi connectivity index (χ4v) is 3.09. The predicted molar refractivity (Wildman–Crippen MR) is 96.5 cm³/mol. The Balaban J connectivity index is 1.88. The number of thiophene rings is 1. The number of hydrogen-bond donors (Lipinski definition) is 1. The van der Waals surface area contributed by atoms with Gasteiger partial charge in [0.15, 0.2) is 0 Å². The average Bonchev–Trinajstić information content (AvgIpc) is 2.96. The van der Waals surface area contributed by atoms with E-state index in [9.17, 15) is 4.79 Å². The molecule has 0 unspecified atom stereocenters. The van der Waals surface area contributed by atoms with Crippen LogP contribution in [0.5, 0.6) is 5.75 Å². The van der Waals surface area contributed by atoms with Crippen molar-refractivity contribution < 1.29 is 9.53 Å². The van der Waals surface area contributed by atoms with Crippen LogP contribution in [0.25, 0.3) is 6.08 Å². The fourth-order valence-electron chi connectivity index (χ4n) is 1.76. The zero-order chi connectivity index (χ0) is 16.5. The van der Waals surface area contributed by atoms with Crippen LogP contribution in [-0.2, 0) is 4.79 Å². The van der Waals surface area contributed by atoms with E-state index in [4.69, 9.17) is 10.00 Å². The van der Waals surface area contributed by atoms with Crippen LogP contribution in [-0.4, -0.2) is 12.5 Å². The molecule has 0 radical (unpaired) electrons. The van der Waals surface area contributed by atoms with E-state index in [0.29, 0.717) is 30.9 Å². The van der Waals surface area contributed by atoms with Gasteiger partial charge < -0.3 is 10.1 Å².